The molecule has 4 heteroatoms. The highest BCUT2D eigenvalue weighted by Gasteiger charge is 2.48. The van der Waals surface area contributed by atoms with E-state index < -0.39 is 0 Å². The zero-order valence-corrected chi connectivity index (χ0v) is 12.7. The lowest BCUT2D eigenvalue weighted by Gasteiger charge is -2.51. The van der Waals surface area contributed by atoms with E-state index in [1.165, 1.54) is 19.3 Å². The van der Waals surface area contributed by atoms with Crippen molar-refractivity contribution in [1.29, 1.82) is 0 Å². The van der Waals surface area contributed by atoms with Crippen LogP contribution in [0.2, 0.25) is 0 Å². The number of nitrogens with one attached hydrogen (secondary N) is 1. The third kappa shape index (κ3) is 2.68. The lowest BCUT2D eigenvalue weighted by molar-refractivity contribution is -0.161. The zero-order chi connectivity index (χ0) is 13.9. The summed E-state index contributed by atoms with van der Waals surface area (Å²) in [7, 11) is 1.82. The van der Waals surface area contributed by atoms with Gasteiger partial charge in [0.15, 0.2) is 0 Å². The lowest BCUT2D eigenvalue weighted by Crippen LogP contribution is -2.60. The van der Waals surface area contributed by atoms with Crippen molar-refractivity contribution in [2.24, 2.45) is 11.8 Å². The van der Waals surface area contributed by atoms with Gasteiger partial charge in [-0.2, -0.15) is 0 Å². The smallest absolute Gasteiger partial charge is 0.0841 e. The fraction of sp³-hybridized carbons (Fsp3) is 1.00. The Morgan fingerprint density at radius 1 is 1.42 bits per heavy atom. The number of methoxy groups -OCH3 is 1. The van der Waals surface area contributed by atoms with Crippen molar-refractivity contribution in [2.75, 3.05) is 13.7 Å². The quantitative estimate of drug-likeness (QED) is 0.575. The maximum atomic E-state index is 6.03. The van der Waals surface area contributed by atoms with Crippen molar-refractivity contribution in [1.82, 2.24) is 5.43 Å². The molecule has 1 heterocycles. The summed E-state index contributed by atoms with van der Waals surface area (Å²) in [6.07, 6.45) is 7.94. The molecule has 4 nitrogen and oxygen atoms in total. The average Bonchev–Trinajstić information content (AvgIpc) is 2.43. The second kappa shape index (κ2) is 6.08. The Hall–Kier alpha value is -0.160. The highest BCUT2D eigenvalue weighted by Crippen LogP contribution is 2.46. The standard InChI is InChI=1S/C15H30N2O2/c1-4-15(5-2,18-3)13(17-16)12-7-10-19-14(11-12)8-6-9-14/h12-13,17H,4-11,16H2,1-3H3. The minimum Gasteiger partial charge on any atom is -0.377 e. The summed E-state index contributed by atoms with van der Waals surface area (Å²) in [5.41, 5.74) is 3.09. The minimum atomic E-state index is -0.151. The molecule has 0 bridgehead atoms. The van der Waals surface area contributed by atoms with Gasteiger partial charge < -0.3 is 9.47 Å². The van der Waals surface area contributed by atoms with Crippen LogP contribution in [0.15, 0.2) is 0 Å². The van der Waals surface area contributed by atoms with Crippen LogP contribution in [-0.2, 0) is 9.47 Å². The van der Waals surface area contributed by atoms with Gasteiger partial charge in [-0.05, 0) is 50.9 Å². The summed E-state index contributed by atoms with van der Waals surface area (Å²) in [6, 6.07) is 0.217. The van der Waals surface area contributed by atoms with Gasteiger partial charge in [-0.15, -0.1) is 0 Å². The van der Waals surface area contributed by atoms with Gasteiger partial charge in [-0.25, -0.2) is 0 Å². The number of hydrogen-bond donors (Lipinski definition) is 2. The normalized spacial score (nSPS) is 28.1. The van der Waals surface area contributed by atoms with E-state index in [1.54, 1.807) is 0 Å². The first-order valence-electron chi connectivity index (χ1n) is 7.80. The van der Waals surface area contributed by atoms with Gasteiger partial charge in [-0.3, -0.25) is 11.3 Å². The molecule has 0 aromatic rings. The molecule has 3 N–H and O–H groups in total. The predicted molar refractivity (Wildman–Crippen MR) is 76.7 cm³/mol. The van der Waals surface area contributed by atoms with Crippen molar-refractivity contribution < 1.29 is 9.47 Å². The molecule has 2 rings (SSSR count). The second-order valence-corrected chi connectivity index (χ2v) is 6.26. The largest absolute Gasteiger partial charge is 0.377 e. The van der Waals surface area contributed by atoms with E-state index in [4.69, 9.17) is 15.3 Å². The van der Waals surface area contributed by atoms with Crippen LogP contribution < -0.4 is 11.3 Å². The van der Waals surface area contributed by atoms with E-state index in [9.17, 15) is 0 Å². The van der Waals surface area contributed by atoms with Crippen molar-refractivity contribution in [3.8, 4) is 0 Å². The number of ether oxygens (including phenoxy) is 2. The number of hydrazine groups is 1. The van der Waals surface area contributed by atoms with Crippen LogP contribution >= 0.6 is 0 Å². The maximum absolute atomic E-state index is 6.03. The molecular formula is C15H30N2O2. The fourth-order valence-corrected chi connectivity index (χ4v) is 4.09. The first-order chi connectivity index (χ1) is 9.15. The molecule has 19 heavy (non-hydrogen) atoms. The van der Waals surface area contributed by atoms with E-state index in [0.717, 1.165) is 32.3 Å². The molecule has 1 saturated carbocycles. The average molecular weight is 270 g/mol. The van der Waals surface area contributed by atoms with Crippen molar-refractivity contribution in [3.05, 3.63) is 0 Å². The van der Waals surface area contributed by atoms with Crippen molar-refractivity contribution in [2.45, 2.75) is 76.0 Å². The van der Waals surface area contributed by atoms with Crippen molar-refractivity contribution >= 4 is 0 Å². The second-order valence-electron chi connectivity index (χ2n) is 6.26. The summed E-state index contributed by atoms with van der Waals surface area (Å²) < 4.78 is 11.9. The van der Waals surface area contributed by atoms with E-state index in [-0.39, 0.29) is 17.2 Å². The molecule has 2 unspecified atom stereocenters. The maximum Gasteiger partial charge on any atom is 0.0841 e. The Balaban J connectivity index is 2.11. The molecule has 0 aromatic heterocycles. The lowest BCUT2D eigenvalue weighted by atomic mass is 9.67. The third-order valence-electron chi connectivity index (χ3n) is 5.62. The molecule has 2 fully saturated rings. The Morgan fingerprint density at radius 2 is 2.11 bits per heavy atom. The summed E-state index contributed by atoms with van der Waals surface area (Å²) >= 11 is 0. The molecule has 0 aromatic carbocycles. The van der Waals surface area contributed by atoms with Crippen molar-refractivity contribution in [3.63, 3.8) is 0 Å². The molecule has 0 amide bonds. The van der Waals surface area contributed by atoms with Gasteiger partial charge in [0, 0.05) is 13.7 Å². The van der Waals surface area contributed by atoms with Crippen LogP contribution in [-0.4, -0.2) is 31.0 Å². The molecule has 1 saturated heterocycles. The third-order valence-corrected chi connectivity index (χ3v) is 5.62. The van der Waals surface area contributed by atoms with E-state index in [0.29, 0.717) is 5.92 Å². The zero-order valence-electron chi connectivity index (χ0n) is 12.7. The van der Waals surface area contributed by atoms with Gasteiger partial charge in [0.25, 0.3) is 0 Å². The number of nitrogens with two attached hydrogens (primary N) is 1. The van der Waals surface area contributed by atoms with Crippen LogP contribution in [0, 0.1) is 5.92 Å². The minimum absolute atomic E-state index is 0.151. The van der Waals surface area contributed by atoms with Crippen LogP contribution in [0.1, 0.15) is 58.8 Å². The highest BCUT2D eigenvalue weighted by atomic mass is 16.5. The highest BCUT2D eigenvalue weighted by molar-refractivity contribution is 5.01. The van der Waals surface area contributed by atoms with E-state index in [1.807, 2.05) is 7.11 Å². The SMILES string of the molecule is CCC(CC)(OC)C(NN)C1CCOC2(CCC2)C1. The fourth-order valence-electron chi connectivity index (χ4n) is 4.09. The van der Waals surface area contributed by atoms with Crippen LogP contribution in [0.3, 0.4) is 0 Å². The van der Waals surface area contributed by atoms with Gasteiger partial charge in [0.1, 0.15) is 0 Å². The Morgan fingerprint density at radius 3 is 2.53 bits per heavy atom. The Bertz CT molecular complexity index is 280. The topological polar surface area (TPSA) is 56.5 Å². The van der Waals surface area contributed by atoms with Gasteiger partial charge in [0.2, 0.25) is 0 Å². The molecule has 2 aliphatic rings. The van der Waals surface area contributed by atoms with Crippen LogP contribution in [0.25, 0.3) is 0 Å². The van der Waals surface area contributed by atoms with Crippen LogP contribution in [0.5, 0.6) is 0 Å². The molecule has 112 valence electrons. The number of rotatable bonds is 6. The summed E-state index contributed by atoms with van der Waals surface area (Å²) in [4.78, 5) is 0. The predicted octanol–water partition coefficient (Wildman–Crippen LogP) is 2.37. The number of hydrogen-bond acceptors (Lipinski definition) is 4. The Kier molecular flexibility index (Phi) is 4.88. The Labute approximate surface area is 117 Å². The van der Waals surface area contributed by atoms with Gasteiger partial charge >= 0.3 is 0 Å². The molecule has 1 aliphatic carbocycles. The van der Waals surface area contributed by atoms with Gasteiger partial charge in [0.05, 0.1) is 17.2 Å². The first kappa shape index (κ1) is 15.2. The molecule has 1 aliphatic heterocycles. The molecule has 0 radical (unpaired) electrons. The van der Waals surface area contributed by atoms with E-state index >= 15 is 0 Å². The molecular weight excluding hydrogens is 240 g/mol. The summed E-state index contributed by atoms with van der Waals surface area (Å²) in [6.45, 7) is 5.25. The monoisotopic (exact) mass is 270 g/mol. The summed E-state index contributed by atoms with van der Waals surface area (Å²) in [5.74, 6) is 6.45. The van der Waals surface area contributed by atoms with Crippen LogP contribution in [0.4, 0.5) is 0 Å². The van der Waals surface area contributed by atoms with Gasteiger partial charge in [-0.1, -0.05) is 13.8 Å². The van der Waals surface area contributed by atoms with E-state index in [2.05, 4.69) is 19.3 Å². The first-order valence-corrected chi connectivity index (χ1v) is 7.80. The molecule has 1 spiro atoms. The summed E-state index contributed by atoms with van der Waals surface area (Å²) in [5, 5.41) is 0. The molecule has 2 atom stereocenters.